The number of amides is 1. The number of H-pyrrole nitrogens is 1. The number of rotatable bonds is 3. The van der Waals surface area contributed by atoms with Crippen molar-refractivity contribution in [1.82, 2.24) is 10.4 Å². The number of hydrogen-bond donors (Lipinski definition) is 2. The van der Waals surface area contributed by atoms with Gasteiger partial charge < -0.3 is 4.98 Å². The number of benzene rings is 2. The molecule has 1 amide bonds. The molecular formula is C16H11BrFN3O. The molecule has 2 N–H and O–H groups in total. The normalized spacial score (nSPS) is 11.2. The van der Waals surface area contributed by atoms with Crippen molar-refractivity contribution in [3.63, 3.8) is 0 Å². The Labute approximate surface area is 134 Å². The fourth-order valence-electron chi connectivity index (χ4n) is 2.09. The Hall–Kier alpha value is -2.47. The van der Waals surface area contributed by atoms with Gasteiger partial charge in [-0.25, -0.2) is 9.82 Å². The Morgan fingerprint density at radius 1 is 1.27 bits per heavy atom. The van der Waals surface area contributed by atoms with Crippen molar-refractivity contribution < 1.29 is 9.18 Å². The monoisotopic (exact) mass is 359 g/mol. The van der Waals surface area contributed by atoms with Crippen LogP contribution in [0, 0.1) is 5.82 Å². The van der Waals surface area contributed by atoms with Crippen LogP contribution in [-0.4, -0.2) is 17.1 Å². The summed E-state index contributed by atoms with van der Waals surface area (Å²) in [5.41, 5.74) is 4.05. The topological polar surface area (TPSA) is 57.2 Å². The molecule has 3 aromatic rings. The number of hydrazone groups is 1. The maximum atomic E-state index is 13.5. The molecule has 0 spiro atoms. The third-order valence-corrected chi connectivity index (χ3v) is 3.65. The highest BCUT2D eigenvalue weighted by Crippen LogP contribution is 2.17. The number of hydrogen-bond acceptors (Lipinski definition) is 2. The summed E-state index contributed by atoms with van der Waals surface area (Å²) in [6.45, 7) is 0. The van der Waals surface area contributed by atoms with Gasteiger partial charge in [-0.3, -0.25) is 4.79 Å². The van der Waals surface area contributed by atoms with Crippen molar-refractivity contribution in [1.29, 1.82) is 0 Å². The van der Waals surface area contributed by atoms with Crippen molar-refractivity contribution in [2.45, 2.75) is 0 Å². The summed E-state index contributed by atoms with van der Waals surface area (Å²) in [6, 6.07) is 12.0. The number of nitrogens with one attached hydrogen (secondary N) is 2. The molecule has 0 aliphatic carbocycles. The minimum absolute atomic E-state index is 0.286. The van der Waals surface area contributed by atoms with E-state index in [4.69, 9.17) is 0 Å². The second-order valence-corrected chi connectivity index (χ2v) is 5.53. The molecule has 4 nitrogen and oxygen atoms in total. The number of para-hydroxylation sites is 1. The fourth-order valence-corrected chi connectivity index (χ4v) is 2.47. The lowest BCUT2D eigenvalue weighted by atomic mass is 10.2. The Balaban J connectivity index is 1.77. The van der Waals surface area contributed by atoms with E-state index in [-0.39, 0.29) is 11.5 Å². The summed E-state index contributed by atoms with van der Waals surface area (Å²) < 4.78 is 14.3. The summed E-state index contributed by atoms with van der Waals surface area (Å²) in [6.07, 6.45) is 2.89. The number of carbonyl (C=O) groups excluding carboxylic acids is 1. The van der Waals surface area contributed by atoms with Crippen molar-refractivity contribution in [3.05, 3.63) is 70.1 Å². The van der Waals surface area contributed by atoms with E-state index in [0.29, 0.717) is 5.56 Å². The molecule has 0 fully saturated rings. The van der Waals surface area contributed by atoms with Gasteiger partial charge in [0.15, 0.2) is 0 Å². The van der Waals surface area contributed by atoms with Gasteiger partial charge in [-0.1, -0.05) is 34.1 Å². The van der Waals surface area contributed by atoms with Crippen molar-refractivity contribution in [3.8, 4) is 0 Å². The molecule has 0 atom stereocenters. The van der Waals surface area contributed by atoms with Crippen LogP contribution in [0.2, 0.25) is 0 Å². The van der Waals surface area contributed by atoms with E-state index in [1.807, 2.05) is 24.3 Å². The molecule has 0 bridgehead atoms. The van der Waals surface area contributed by atoms with Gasteiger partial charge >= 0.3 is 0 Å². The van der Waals surface area contributed by atoms with Gasteiger partial charge in [-0.05, 0) is 24.3 Å². The molecule has 0 radical (unpaired) electrons. The van der Waals surface area contributed by atoms with Crippen LogP contribution in [0.1, 0.15) is 15.9 Å². The van der Waals surface area contributed by atoms with Crippen LogP contribution in [0.5, 0.6) is 0 Å². The average Bonchev–Trinajstić information content (AvgIpc) is 2.94. The standard InChI is InChI=1S/C16H11BrFN3O/c17-11-5-6-14(18)10(7-11)8-20-21-16(22)13-9-19-15-4-2-1-3-12(13)15/h1-9,19H,(H,21,22)/b20-8+. The highest BCUT2D eigenvalue weighted by molar-refractivity contribution is 9.10. The summed E-state index contributed by atoms with van der Waals surface area (Å²) in [4.78, 5) is 15.1. The van der Waals surface area contributed by atoms with Crippen LogP contribution in [0.15, 0.2) is 58.2 Å². The molecule has 0 aliphatic heterocycles. The largest absolute Gasteiger partial charge is 0.360 e. The zero-order chi connectivity index (χ0) is 15.5. The first kappa shape index (κ1) is 14.5. The van der Waals surface area contributed by atoms with E-state index in [0.717, 1.165) is 15.4 Å². The molecule has 0 aliphatic rings. The molecule has 22 heavy (non-hydrogen) atoms. The lowest BCUT2D eigenvalue weighted by Crippen LogP contribution is -2.17. The number of aromatic nitrogens is 1. The van der Waals surface area contributed by atoms with Gasteiger partial charge in [-0.2, -0.15) is 5.10 Å². The summed E-state index contributed by atoms with van der Waals surface area (Å²) >= 11 is 3.26. The van der Waals surface area contributed by atoms with Crippen molar-refractivity contribution in [2.75, 3.05) is 0 Å². The maximum absolute atomic E-state index is 13.5. The van der Waals surface area contributed by atoms with E-state index < -0.39 is 5.82 Å². The number of nitrogens with zero attached hydrogens (tertiary/aromatic N) is 1. The van der Waals surface area contributed by atoms with E-state index in [1.54, 1.807) is 18.3 Å². The first-order chi connectivity index (χ1) is 10.6. The first-order valence-electron chi connectivity index (χ1n) is 6.50. The molecule has 0 saturated carbocycles. The number of aromatic amines is 1. The number of fused-ring (bicyclic) bond motifs is 1. The quantitative estimate of drug-likeness (QED) is 0.541. The second-order valence-electron chi connectivity index (χ2n) is 4.61. The van der Waals surface area contributed by atoms with Crippen LogP contribution < -0.4 is 5.43 Å². The fraction of sp³-hybridized carbons (Fsp3) is 0. The maximum Gasteiger partial charge on any atom is 0.273 e. The first-order valence-corrected chi connectivity index (χ1v) is 7.29. The van der Waals surface area contributed by atoms with Crippen LogP contribution in [-0.2, 0) is 0 Å². The van der Waals surface area contributed by atoms with Gasteiger partial charge in [0.25, 0.3) is 5.91 Å². The van der Waals surface area contributed by atoms with Crippen molar-refractivity contribution >= 4 is 39.0 Å². The average molecular weight is 360 g/mol. The Kier molecular flexibility index (Phi) is 4.02. The Bertz CT molecular complexity index is 873. The van der Waals surface area contributed by atoms with Gasteiger partial charge in [0.05, 0.1) is 11.8 Å². The predicted octanol–water partition coefficient (Wildman–Crippen LogP) is 3.83. The highest BCUT2D eigenvalue weighted by atomic mass is 79.9. The Morgan fingerprint density at radius 3 is 2.95 bits per heavy atom. The second kappa shape index (κ2) is 6.11. The molecule has 1 aromatic heterocycles. The predicted molar refractivity (Wildman–Crippen MR) is 87.5 cm³/mol. The summed E-state index contributed by atoms with van der Waals surface area (Å²) in [5.74, 6) is -0.766. The van der Waals surface area contributed by atoms with Gasteiger partial charge in [-0.15, -0.1) is 0 Å². The third-order valence-electron chi connectivity index (χ3n) is 3.16. The van der Waals surface area contributed by atoms with Gasteiger partial charge in [0, 0.05) is 27.1 Å². The molecule has 1 heterocycles. The lowest BCUT2D eigenvalue weighted by Gasteiger charge is -1.99. The summed E-state index contributed by atoms with van der Waals surface area (Å²) in [5, 5.41) is 4.62. The van der Waals surface area contributed by atoms with Crippen LogP contribution in [0.3, 0.4) is 0 Å². The molecule has 110 valence electrons. The van der Waals surface area contributed by atoms with Crippen molar-refractivity contribution in [2.24, 2.45) is 5.10 Å². The molecule has 6 heteroatoms. The third kappa shape index (κ3) is 2.92. The van der Waals surface area contributed by atoms with Crippen LogP contribution in [0.25, 0.3) is 10.9 Å². The smallest absolute Gasteiger partial charge is 0.273 e. The van der Waals surface area contributed by atoms with Crippen LogP contribution >= 0.6 is 15.9 Å². The van der Waals surface area contributed by atoms with E-state index in [2.05, 4.69) is 31.4 Å². The number of halogens is 2. The van der Waals surface area contributed by atoms with E-state index >= 15 is 0 Å². The van der Waals surface area contributed by atoms with Gasteiger partial charge in [0.1, 0.15) is 5.82 Å². The van der Waals surface area contributed by atoms with E-state index in [9.17, 15) is 9.18 Å². The molecule has 2 aromatic carbocycles. The minimum atomic E-state index is -0.409. The Morgan fingerprint density at radius 2 is 2.09 bits per heavy atom. The lowest BCUT2D eigenvalue weighted by molar-refractivity contribution is 0.0957. The van der Waals surface area contributed by atoms with Gasteiger partial charge in [0.2, 0.25) is 0 Å². The zero-order valence-corrected chi connectivity index (χ0v) is 12.9. The summed E-state index contributed by atoms with van der Waals surface area (Å²) in [7, 11) is 0. The van der Waals surface area contributed by atoms with E-state index in [1.165, 1.54) is 12.3 Å². The zero-order valence-electron chi connectivity index (χ0n) is 11.3. The number of carbonyl (C=O) groups is 1. The molecule has 0 unspecified atom stereocenters. The molecule has 3 rings (SSSR count). The SMILES string of the molecule is O=C(N/N=C/c1cc(Br)ccc1F)c1c[nH]c2ccccc12. The molecular weight excluding hydrogens is 349 g/mol. The highest BCUT2D eigenvalue weighted by Gasteiger charge is 2.10. The van der Waals surface area contributed by atoms with Crippen LogP contribution in [0.4, 0.5) is 4.39 Å². The minimum Gasteiger partial charge on any atom is -0.360 e. The molecule has 0 saturated heterocycles.